The van der Waals surface area contributed by atoms with Gasteiger partial charge in [0.2, 0.25) is 5.95 Å². The number of piperidine rings is 1. The minimum absolute atomic E-state index is 0.696. The van der Waals surface area contributed by atoms with Gasteiger partial charge in [-0.1, -0.05) is 5.16 Å². The minimum atomic E-state index is 0.696. The molecule has 1 aliphatic carbocycles. The number of fused-ring (bicyclic) bond motifs is 1. The highest BCUT2D eigenvalue weighted by atomic mass is 16.5. The van der Waals surface area contributed by atoms with Crippen LogP contribution in [0.5, 0.6) is 5.75 Å². The van der Waals surface area contributed by atoms with E-state index in [1.165, 1.54) is 12.8 Å². The molecule has 1 aliphatic heterocycles. The van der Waals surface area contributed by atoms with E-state index in [1.54, 1.807) is 0 Å². The summed E-state index contributed by atoms with van der Waals surface area (Å²) in [6.45, 7) is 2.82. The summed E-state index contributed by atoms with van der Waals surface area (Å²) < 4.78 is 11.9. The van der Waals surface area contributed by atoms with Crippen LogP contribution in [-0.4, -0.2) is 48.9 Å². The first-order valence-corrected chi connectivity index (χ1v) is 11.4. The summed E-state index contributed by atoms with van der Waals surface area (Å²) in [6, 6.07) is 6.06. The molecule has 2 aliphatic rings. The Bertz CT molecular complexity index is 1010. The second-order valence-electron chi connectivity index (χ2n) is 9.08. The Kier molecular flexibility index (Phi) is 5.66. The van der Waals surface area contributed by atoms with Gasteiger partial charge in [-0.15, -0.1) is 0 Å². The highest BCUT2D eigenvalue weighted by molar-refractivity contribution is 5.94. The molecule has 0 atom stereocenters. The van der Waals surface area contributed by atoms with Crippen molar-refractivity contribution in [2.75, 3.05) is 43.6 Å². The number of hydrogen-bond acceptors (Lipinski definition) is 7. The fourth-order valence-corrected chi connectivity index (χ4v) is 4.45. The van der Waals surface area contributed by atoms with Crippen molar-refractivity contribution in [2.24, 2.45) is 11.8 Å². The van der Waals surface area contributed by atoms with E-state index in [0.717, 1.165) is 85.3 Å². The van der Waals surface area contributed by atoms with Crippen molar-refractivity contribution >= 4 is 22.6 Å². The summed E-state index contributed by atoms with van der Waals surface area (Å²) in [5, 5.41) is 5.56. The Hall–Kier alpha value is -2.83. The van der Waals surface area contributed by atoms with Crippen molar-refractivity contribution in [3.63, 3.8) is 0 Å². The zero-order valence-corrected chi connectivity index (χ0v) is 18.5. The molecular formula is C24H31N5O2. The maximum atomic E-state index is 6.10. The number of benzene rings is 1. The van der Waals surface area contributed by atoms with E-state index >= 15 is 0 Å². The maximum Gasteiger partial charge on any atom is 0.225 e. The molecule has 164 valence electrons. The summed E-state index contributed by atoms with van der Waals surface area (Å²) in [5.74, 6) is 3.15. The molecule has 0 spiro atoms. The van der Waals surface area contributed by atoms with Gasteiger partial charge >= 0.3 is 0 Å². The first-order chi connectivity index (χ1) is 15.2. The fraction of sp³-hybridized carbons (Fsp3) is 0.542. The highest BCUT2D eigenvalue weighted by Gasteiger charge is 2.25. The third-order valence-electron chi connectivity index (χ3n) is 6.51. The van der Waals surface area contributed by atoms with Gasteiger partial charge in [-0.2, -0.15) is 0 Å². The van der Waals surface area contributed by atoms with Crippen LogP contribution in [-0.2, 0) is 6.42 Å². The van der Waals surface area contributed by atoms with Crippen molar-refractivity contribution in [1.82, 2.24) is 15.1 Å². The highest BCUT2D eigenvalue weighted by Crippen LogP contribution is 2.39. The van der Waals surface area contributed by atoms with E-state index in [-0.39, 0.29) is 0 Å². The van der Waals surface area contributed by atoms with Gasteiger partial charge in [-0.3, -0.25) is 0 Å². The van der Waals surface area contributed by atoms with E-state index in [2.05, 4.69) is 37.1 Å². The molecule has 1 saturated heterocycles. The van der Waals surface area contributed by atoms with Crippen molar-refractivity contribution < 1.29 is 9.26 Å². The number of anilines is 2. The van der Waals surface area contributed by atoms with Crippen LogP contribution < -0.4 is 14.5 Å². The molecule has 7 nitrogen and oxygen atoms in total. The Morgan fingerprint density at radius 2 is 1.84 bits per heavy atom. The minimum Gasteiger partial charge on any atom is -0.491 e. The smallest absolute Gasteiger partial charge is 0.225 e. The SMILES string of the molecule is CN(C)c1c(OCC2CC2)ccc2c(CCC3CCN(c4ncccn4)CC3)noc12. The average Bonchev–Trinajstić information content (AvgIpc) is 3.55. The summed E-state index contributed by atoms with van der Waals surface area (Å²) in [4.78, 5) is 13.1. The van der Waals surface area contributed by atoms with Crippen LogP contribution in [0, 0.1) is 11.8 Å². The molecule has 3 aromatic rings. The number of hydrogen-bond donors (Lipinski definition) is 0. The van der Waals surface area contributed by atoms with Crippen LogP contribution in [0.25, 0.3) is 11.0 Å². The molecule has 3 heterocycles. The van der Waals surface area contributed by atoms with E-state index in [9.17, 15) is 0 Å². The summed E-state index contributed by atoms with van der Waals surface area (Å²) in [7, 11) is 4.07. The van der Waals surface area contributed by atoms with Gasteiger partial charge in [-0.05, 0) is 68.6 Å². The van der Waals surface area contributed by atoms with Crippen molar-refractivity contribution in [3.8, 4) is 5.75 Å². The van der Waals surface area contributed by atoms with Crippen molar-refractivity contribution in [3.05, 3.63) is 36.3 Å². The van der Waals surface area contributed by atoms with E-state index in [1.807, 2.05) is 32.6 Å². The summed E-state index contributed by atoms with van der Waals surface area (Å²) >= 11 is 0. The zero-order chi connectivity index (χ0) is 21.2. The number of aromatic nitrogens is 3. The van der Waals surface area contributed by atoms with Gasteiger partial charge in [-0.25, -0.2) is 9.97 Å². The monoisotopic (exact) mass is 421 g/mol. The van der Waals surface area contributed by atoms with Gasteiger partial charge in [0.05, 0.1) is 12.3 Å². The lowest BCUT2D eigenvalue weighted by atomic mass is 9.91. The molecule has 0 radical (unpaired) electrons. The number of rotatable bonds is 8. The maximum absolute atomic E-state index is 6.10. The number of aryl methyl sites for hydroxylation is 1. The second kappa shape index (κ2) is 8.73. The predicted octanol–water partition coefficient (Wildman–Crippen LogP) is 4.32. The molecule has 2 aromatic heterocycles. The Morgan fingerprint density at radius 1 is 1.06 bits per heavy atom. The van der Waals surface area contributed by atoms with Crippen molar-refractivity contribution in [1.29, 1.82) is 0 Å². The number of nitrogens with zero attached hydrogens (tertiary/aromatic N) is 5. The van der Waals surface area contributed by atoms with Gasteiger partial charge in [0.1, 0.15) is 11.4 Å². The molecule has 0 N–H and O–H groups in total. The third-order valence-corrected chi connectivity index (χ3v) is 6.51. The lowest BCUT2D eigenvalue weighted by Gasteiger charge is -2.31. The second-order valence-corrected chi connectivity index (χ2v) is 9.08. The van der Waals surface area contributed by atoms with E-state index < -0.39 is 0 Å². The van der Waals surface area contributed by atoms with Crippen LogP contribution in [0.4, 0.5) is 11.6 Å². The Labute approximate surface area is 183 Å². The number of ether oxygens (including phenoxy) is 1. The summed E-state index contributed by atoms with van der Waals surface area (Å²) in [6.07, 6.45) is 10.6. The van der Waals surface area contributed by atoms with Gasteiger partial charge < -0.3 is 19.1 Å². The molecule has 31 heavy (non-hydrogen) atoms. The predicted molar refractivity (Wildman–Crippen MR) is 122 cm³/mol. The third kappa shape index (κ3) is 4.45. The Morgan fingerprint density at radius 3 is 2.55 bits per heavy atom. The van der Waals surface area contributed by atoms with E-state index in [0.29, 0.717) is 5.92 Å². The van der Waals surface area contributed by atoms with Crippen LogP contribution in [0.15, 0.2) is 35.1 Å². The van der Waals surface area contributed by atoms with Gasteiger partial charge in [0.15, 0.2) is 5.58 Å². The Balaban J connectivity index is 1.23. The molecular weight excluding hydrogens is 390 g/mol. The van der Waals surface area contributed by atoms with Crippen LogP contribution in [0.1, 0.15) is 37.8 Å². The first kappa shape index (κ1) is 20.1. The molecule has 0 unspecified atom stereocenters. The normalized spacial score (nSPS) is 17.3. The van der Waals surface area contributed by atoms with Crippen LogP contribution in [0.3, 0.4) is 0 Å². The molecule has 2 fully saturated rings. The molecule has 7 heteroatoms. The largest absolute Gasteiger partial charge is 0.491 e. The molecule has 0 bridgehead atoms. The standard InChI is InChI=1S/C24H31N5O2/c1-28(2)22-21(30-16-18-4-5-18)9-7-19-20(27-31-23(19)22)8-6-17-10-14-29(15-11-17)24-25-12-3-13-26-24/h3,7,9,12-13,17-18H,4-6,8,10-11,14-16H2,1-2H3. The fourth-order valence-electron chi connectivity index (χ4n) is 4.45. The van der Waals surface area contributed by atoms with Gasteiger partial charge in [0.25, 0.3) is 0 Å². The topological polar surface area (TPSA) is 67.5 Å². The average molecular weight is 422 g/mol. The lowest BCUT2D eigenvalue weighted by Crippen LogP contribution is -2.34. The first-order valence-electron chi connectivity index (χ1n) is 11.4. The lowest BCUT2D eigenvalue weighted by molar-refractivity contribution is 0.300. The van der Waals surface area contributed by atoms with Gasteiger partial charge in [0, 0.05) is 45.0 Å². The van der Waals surface area contributed by atoms with Crippen molar-refractivity contribution in [2.45, 2.75) is 38.5 Å². The molecule has 0 amide bonds. The summed E-state index contributed by atoms with van der Waals surface area (Å²) in [5.41, 5.74) is 2.89. The quantitative estimate of drug-likeness (QED) is 0.536. The van der Waals surface area contributed by atoms with E-state index in [4.69, 9.17) is 9.26 Å². The zero-order valence-electron chi connectivity index (χ0n) is 18.5. The van der Waals surface area contributed by atoms with Crippen LogP contribution in [0.2, 0.25) is 0 Å². The van der Waals surface area contributed by atoms with Crippen LogP contribution >= 0.6 is 0 Å². The molecule has 1 saturated carbocycles. The molecule has 1 aromatic carbocycles. The molecule has 5 rings (SSSR count).